The maximum absolute atomic E-state index is 11.3. The Hall–Kier alpha value is -0.770. The summed E-state index contributed by atoms with van der Waals surface area (Å²) in [6, 6.07) is 0. The highest BCUT2D eigenvalue weighted by Crippen LogP contribution is 2.46. The molecule has 0 heterocycles. The highest BCUT2D eigenvalue weighted by atomic mass is 16.1. The van der Waals surface area contributed by atoms with Gasteiger partial charge in [-0.15, -0.1) is 11.8 Å². The minimum Gasteiger partial charge on any atom is -0.299 e. The quantitative estimate of drug-likeness (QED) is 0.563. The van der Waals surface area contributed by atoms with E-state index in [-0.39, 0.29) is 5.41 Å². The van der Waals surface area contributed by atoms with Gasteiger partial charge in [0.25, 0.3) is 0 Å². The van der Waals surface area contributed by atoms with Gasteiger partial charge in [0.15, 0.2) is 0 Å². The zero-order valence-corrected chi connectivity index (χ0v) is 7.24. The second kappa shape index (κ2) is 3.09. The Labute approximate surface area is 68.2 Å². The molecule has 0 aromatic carbocycles. The van der Waals surface area contributed by atoms with Crippen molar-refractivity contribution < 1.29 is 4.79 Å². The van der Waals surface area contributed by atoms with Crippen LogP contribution in [-0.4, -0.2) is 5.78 Å². The number of hydrogen-bond donors (Lipinski definition) is 0. The second-order valence-corrected chi connectivity index (χ2v) is 3.41. The average molecular weight is 150 g/mol. The Morgan fingerprint density at radius 2 is 2.18 bits per heavy atom. The molecule has 0 N–H and O–H groups in total. The van der Waals surface area contributed by atoms with Crippen LogP contribution >= 0.6 is 0 Å². The van der Waals surface area contributed by atoms with Crippen LogP contribution in [0.5, 0.6) is 0 Å². The predicted octanol–water partition coefficient (Wildman–Crippen LogP) is 2.16. The molecule has 0 aromatic rings. The van der Waals surface area contributed by atoms with Gasteiger partial charge in [0.05, 0.1) is 0 Å². The molecule has 0 atom stereocenters. The van der Waals surface area contributed by atoms with E-state index in [1.54, 1.807) is 0 Å². The molecular weight excluding hydrogens is 136 g/mol. The van der Waals surface area contributed by atoms with Gasteiger partial charge >= 0.3 is 0 Å². The lowest BCUT2D eigenvalue weighted by Gasteiger charge is -2.03. The first-order valence-corrected chi connectivity index (χ1v) is 4.12. The molecule has 0 bridgehead atoms. The number of rotatable bonds is 3. The van der Waals surface area contributed by atoms with E-state index in [9.17, 15) is 4.79 Å². The van der Waals surface area contributed by atoms with Crippen molar-refractivity contribution in [1.82, 2.24) is 0 Å². The fraction of sp³-hybridized carbons (Fsp3) is 0.700. The third-order valence-corrected chi connectivity index (χ3v) is 2.33. The fourth-order valence-electron chi connectivity index (χ4n) is 1.07. The molecule has 1 nitrogen and oxygen atoms in total. The Kier molecular flexibility index (Phi) is 2.34. The first kappa shape index (κ1) is 8.33. The smallest absolute Gasteiger partial charge is 0.139 e. The van der Waals surface area contributed by atoms with E-state index in [0.29, 0.717) is 12.2 Å². The van der Waals surface area contributed by atoms with E-state index < -0.39 is 0 Å². The normalized spacial score (nSPS) is 18.4. The summed E-state index contributed by atoms with van der Waals surface area (Å²) in [5.74, 6) is 6.10. The highest BCUT2D eigenvalue weighted by Gasteiger charge is 2.43. The molecule has 1 fully saturated rings. The zero-order valence-electron chi connectivity index (χ0n) is 7.24. The van der Waals surface area contributed by atoms with Crippen LogP contribution < -0.4 is 0 Å². The van der Waals surface area contributed by atoms with E-state index in [1.807, 2.05) is 6.92 Å². The van der Waals surface area contributed by atoms with Crippen LogP contribution in [0.1, 0.15) is 39.5 Å². The predicted molar refractivity (Wildman–Crippen MR) is 45.0 cm³/mol. The summed E-state index contributed by atoms with van der Waals surface area (Å²) in [7, 11) is 0. The zero-order chi connectivity index (χ0) is 8.32. The van der Waals surface area contributed by atoms with Crippen LogP contribution in [0.3, 0.4) is 0 Å². The summed E-state index contributed by atoms with van der Waals surface area (Å²) in [5.41, 5.74) is 0.0510. The molecule has 0 unspecified atom stereocenters. The van der Waals surface area contributed by atoms with Crippen molar-refractivity contribution >= 4 is 5.78 Å². The molecule has 1 heteroatoms. The van der Waals surface area contributed by atoms with Gasteiger partial charge in [0.2, 0.25) is 0 Å². The molecule has 1 aliphatic rings. The third-order valence-electron chi connectivity index (χ3n) is 2.33. The number of Topliss-reactive ketones (excluding diaryl/α,β-unsaturated/α-hetero) is 1. The van der Waals surface area contributed by atoms with Gasteiger partial charge in [-0.3, -0.25) is 4.79 Å². The number of carbonyl (C=O) groups excluding carboxylic acids is 1. The van der Waals surface area contributed by atoms with Crippen molar-refractivity contribution in [2.24, 2.45) is 5.41 Å². The molecule has 1 rings (SSSR count). The van der Waals surface area contributed by atoms with Gasteiger partial charge in [0, 0.05) is 18.3 Å². The van der Waals surface area contributed by atoms with Crippen molar-refractivity contribution in [3.63, 3.8) is 0 Å². The monoisotopic (exact) mass is 150 g/mol. The molecule has 0 spiro atoms. The SMILES string of the molecule is CC#CCCC(=O)C1(C)CC1. The minimum absolute atomic E-state index is 0.0510. The summed E-state index contributed by atoms with van der Waals surface area (Å²) in [6.45, 7) is 3.86. The summed E-state index contributed by atoms with van der Waals surface area (Å²) >= 11 is 0. The minimum atomic E-state index is 0.0510. The standard InChI is InChI=1S/C10H14O/c1-3-4-5-6-9(11)10(2)7-8-10/h5-8H2,1-2H3. The van der Waals surface area contributed by atoms with Crippen LogP contribution in [-0.2, 0) is 4.79 Å². The van der Waals surface area contributed by atoms with Crippen LogP contribution in [0.4, 0.5) is 0 Å². The Bertz CT molecular complexity index is 213. The molecule has 11 heavy (non-hydrogen) atoms. The van der Waals surface area contributed by atoms with Crippen LogP contribution in [0.15, 0.2) is 0 Å². The molecule has 60 valence electrons. The molecule has 0 saturated heterocycles. The lowest BCUT2D eigenvalue weighted by molar-refractivity contribution is -0.123. The lowest BCUT2D eigenvalue weighted by Crippen LogP contribution is -2.10. The Balaban J connectivity index is 2.25. The number of ketones is 1. The molecule has 0 aliphatic heterocycles. The van der Waals surface area contributed by atoms with E-state index in [4.69, 9.17) is 0 Å². The fourth-order valence-corrected chi connectivity index (χ4v) is 1.07. The van der Waals surface area contributed by atoms with Crippen molar-refractivity contribution in [3.8, 4) is 11.8 Å². The second-order valence-electron chi connectivity index (χ2n) is 3.41. The summed E-state index contributed by atoms with van der Waals surface area (Å²) < 4.78 is 0. The Morgan fingerprint density at radius 3 is 2.64 bits per heavy atom. The maximum Gasteiger partial charge on any atom is 0.139 e. The average Bonchev–Trinajstić information content (AvgIpc) is 2.70. The molecule has 0 radical (unpaired) electrons. The Morgan fingerprint density at radius 1 is 1.55 bits per heavy atom. The number of hydrogen-bond acceptors (Lipinski definition) is 1. The topological polar surface area (TPSA) is 17.1 Å². The van der Waals surface area contributed by atoms with E-state index >= 15 is 0 Å². The molecule has 1 saturated carbocycles. The van der Waals surface area contributed by atoms with Gasteiger partial charge in [-0.25, -0.2) is 0 Å². The van der Waals surface area contributed by atoms with E-state index in [1.165, 1.54) is 0 Å². The van der Waals surface area contributed by atoms with E-state index in [0.717, 1.165) is 19.3 Å². The molecule has 0 amide bonds. The van der Waals surface area contributed by atoms with Gasteiger partial charge in [-0.1, -0.05) is 6.92 Å². The molecular formula is C10H14O. The maximum atomic E-state index is 11.3. The van der Waals surface area contributed by atoms with Crippen molar-refractivity contribution in [2.75, 3.05) is 0 Å². The summed E-state index contributed by atoms with van der Waals surface area (Å²) in [4.78, 5) is 11.3. The third kappa shape index (κ3) is 2.08. The van der Waals surface area contributed by atoms with Gasteiger partial charge in [0.1, 0.15) is 5.78 Å². The largest absolute Gasteiger partial charge is 0.299 e. The first-order chi connectivity index (χ1) is 5.19. The highest BCUT2D eigenvalue weighted by molar-refractivity contribution is 5.87. The van der Waals surface area contributed by atoms with Gasteiger partial charge < -0.3 is 0 Å². The van der Waals surface area contributed by atoms with Crippen LogP contribution in [0, 0.1) is 17.3 Å². The molecule has 0 aromatic heterocycles. The van der Waals surface area contributed by atoms with Gasteiger partial charge in [-0.05, 0) is 19.8 Å². The van der Waals surface area contributed by atoms with Crippen molar-refractivity contribution in [2.45, 2.75) is 39.5 Å². The number of carbonyl (C=O) groups is 1. The summed E-state index contributed by atoms with van der Waals surface area (Å²) in [5, 5.41) is 0. The first-order valence-electron chi connectivity index (χ1n) is 4.12. The van der Waals surface area contributed by atoms with Gasteiger partial charge in [-0.2, -0.15) is 0 Å². The van der Waals surface area contributed by atoms with Crippen molar-refractivity contribution in [3.05, 3.63) is 0 Å². The summed E-state index contributed by atoms with van der Waals surface area (Å²) in [6.07, 6.45) is 3.57. The van der Waals surface area contributed by atoms with Crippen LogP contribution in [0.25, 0.3) is 0 Å². The van der Waals surface area contributed by atoms with Crippen molar-refractivity contribution in [1.29, 1.82) is 0 Å². The van der Waals surface area contributed by atoms with E-state index in [2.05, 4.69) is 18.8 Å². The van der Waals surface area contributed by atoms with Crippen LogP contribution in [0.2, 0.25) is 0 Å². The lowest BCUT2D eigenvalue weighted by atomic mass is 10.00. The molecule has 1 aliphatic carbocycles.